The van der Waals surface area contributed by atoms with E-state index in [0.29, 0.717) is 61.8 Å². The predicted octanol–water partition coefficient (Wildman–Crippen LogP) is 5.73. The van der Waals surface area contributed by atoms with E-state index in [1.165, 1.54) is 161 Å². The summed E-state index contributed by atoms with van der Waals surface area (Å²) >= 11 is 0. The molecule has 0 saturated heterocycles. The maximum Gasteiger partial charge on any atom is 0.267 e. The summed E-state index contributed by atoms with van der Waals surface area (Å²) < 4.78 is 152. The Morgan fingerprint density at radius 1 is 0.348 bits per heavy atom. The Morgan fingerprint density at radius 3 is 1.00 bits per heavy atom. The molecule has 0 spiro atoms. The van der Waals surface area contributed by atoms with E-state index in [9.17, 15) is 57.4 Å². The van der Waals surface area contributed by atoms with Crippen LogP contribution in [0.25, 0.3) is 0 Å². The summed E-state index contributed by atoms with van der Waals surface area (Å²) in [5, 5.41) is 44.7. The number of hydrogen-bond acceptors (Lipinski definition) is 18. The predicted molar refractivity (Wildman–Crippen MR) is 351 cm³/mol. The van der Waals surface area contributed by atoms with Gasteiger partial charge in [-0.1, -0.05) is 6.42 Å². The first-order chi connectivity index (χ1) is 43.0. The van der Waals surface area contributed by atoms with Crippen molar-refractivity contribution in [2.75, 3.05) is 50.0 Å². The van der Waals surface area contributed by atoms with Gasteiger partial charge < -0.3 is 41.9 Å². The third-order valence-electron chi connectivity index (χ3n) is 25.4. The zero-order valence-corrected chi connectivity index (χ0v) is 58.6. The van der Waals surface area contributed by atoms with Gasteiger partial charge in [-0.2, -0.15) is 42.1 Å². The molecule has 0 radical (unpaired) electrons. The standard InChI is InChI=1S/2C14H25NO3S.2C13H23NO4S.C10H19NO4S/c1-10(19(16,17)18)2-3-15-14-7-11-4-12(8-14)6-13(5-11)9-14;1-9(19(16,17)18)2-3-15-14-12-5-10-4-11(7-12)8-13(14)6-10;15-12(8-19(16,17)18)7-14-13-4-9-1-10(5-13)3-11(2-9)6-13;15-12(7-19(16,17)18)6-14-13-10-2-8-1-9(4-10)5-11(13)3-8;12-9(6-16(13,14)15)5-11-10-4-7-1-2-8(10)3-7/h10-13,15H,2-9H2,1H3,(H,16,17,18);9-15H,2-8H2,1H3,(H,16,17,18);9-12,14-15H,1-8H2,(H,16,17,18);8-15H,1-7H2,(H,16,17,18);7-12H,1-6H2,(H,13,14,15). The molecule has 534 valence electrons. The molecule has 8 atom stereocenters. The average Bonchev–Trinajstić information content (AvgIpc) is 0.873. The average molecular weight is 1400 g/mol. The first kappa shape index (κ1) is 73.9. The SMILES string of the molecule is CC(CCNC12CC3CC(CC(C3)C1)C2)S(=O)(=O)O.CC(CCNC1C2CC3CC(C2)CC1C3)S(=O)(=O)O.O=S(=O)(O)CC(O)CNC12CC3CC(CC(C3)C1)C2.O=S(=O)(O)CC(O)CNC1C2CC3CC(C2)CC1C3.O=S(=O)(O)CC(O)CNC1CC2CCC1C2. The van der Waals surface area contributed by atoms with Crippen molar-refractivity contribution in [1.29, 1.82) is 0 Å². The third kappa shape index (κ3) is 20.9. The lowest BCUT2D eigenvalue weighted by molar-refractivity contribution is -0.0239. The van der Waals surface area contributed by atoms with Crippen LogP contribution in [0.15, 0.2) is 0 Å². The minimum Gasteiger partial charge on any atom is -0.391 e. The fourth-order valence-electron chi connectivity index (χ4n) is 22.8. The van der Waals surface area contributed by atoms with Gasteiger partial charge in [0.2, 0.25) is 0 Å². The van der Waals surface area contributed by atoms with Gasteiger partial charge in [0.15, 0.2) is 0 Å². The fourth-order valence-corrected chi connectivity index (χ4v) is 25.4. The van der Waals surface area contributed by atoms with Crippen molar-refractivity contribution in [1.82, 2.24) is 26.6 Å². The Balaban J connectivity index is 0.000000126. The lowest BCUT2D eigenvalue weighted by Gasteiger charge is -2.57. The zero-order valence-electron chi connectivity index (χ0n) is 54.5. The largest absolute Gasteiger partial charge is 0.391 e. The molecule has 28 heteroatoms. The number of rotatable bonds is 25. The first-order valence-corrected chi connectivity index (χ1v) is 43.3. The summed E-state index contributed by atoms with van der Waals surface area (Å²) in [4.78, 5) is 0. The van der Waals surface area contributed by atoms with E-state index in [-0.39, 0.29) is 30.7 Å². The lowest BCUT2D eigenvalue weighted by atomic mass is 9.53. The number of hydrogen-bond donors (Lipinski definition) is 13. The van der Waals surface area contributed by atoms with E-state index < -0.39 is 96.7 Å². The highest BCUT2D eigenvalue weighted by atomic mass is 32.2. The van der Waals surface area contributed by atoms with Crippen molar-refractivity contribution < 1.29 is 80.2 Å². The topological polar surface area (TPSA) is 393 Å². The van der Waals surface area contributed by atoms with Gasteiger partial charge in [-0.25, -0.2) is 0 Å². The van der Waals surface area contributed by atoms with Crippen molar-refractivity contribution in [2.45, 2.75) is 252 Å². The molecule has 92 heavy (non-hydrogen) atoms. The molecule has 0 aromatic rings. The van der Waals surface area contributed by atoms with Gasteiger partial charge in [0.25, 0.3) is 50.6 Å². The summed E-state index contributed by atoms with van der Waals surface area (Å²) in [7, 11) is -20.0. The number of fused-ring (bicyclic) bond motifs is 2. The van der Waals surface area contributed by atoms with Crippen LogP contribution in [0.2, 0.25) is 0 Å². The molecule has 18 aliphatic rings. The number of β-amino-alcohol motifs (C(OH)–C–C–N with tert-alkyl or cyclic N) is 1. The van der Waals surface area contributed by atoms with Crippen LogP contribution in [0.5, 0.6) is 0 Å². The Labute approximate surface area is 550 Å². The lowest BCUT2D eigenvalue weighted by Crippen LogP contribution is -2.59. The smallest absolute Gasteiger partial charge is 0.267 e. The highest BCUT2D eigenvalue weighted by molar-refractivity contribution is 7.87. The molecule has 18 saturated carbocycles. The highest BCUT2D eigenvalue weighted by Crippen LogP contribution is 2.58. The minimum atomic E-state index is -4.09. The molecule has 18 aliphatic carbocycles. The van der Waals surface area contributed by atoms with Gasteiger partial charge >= 0.3 is 0 Å². The van der Waals surface area contributed by atoms with Crippen LogP contribution < -0.4 is 26.6 Å². The molecular formula is C64H115N5O18S5. The van der Waals surface area contributed by atoms with Gasteiger partial charge in [0.05, 0.1) is 28.8 Å². The van der Waals surface area contributed by atoms with E-state index in [1.54, 1.807) is 13.8 Å². The highest BCUT2D eigenvalue weighted by Gasteiger charge is 2.53. The second-order valence-electron chi connectivity index (χ2n) is 33.1. The third-order valence-corrected chi connectivity index (χ3v) is 30.3. The van der Waals surface area contributed by atoms with Crippen LogP contribution in [0, 0.1) is 94.7 Å². The van der Waals surface area contributed by atoms with Gasteiger partial charge in [-0.05, 0) is 295 Å². The molecule has 18 fully saturated rings. The molecular weight excluding hydrogens is 1290 g/mol. The summed E-state index contributed by atoms with van der Waals surface area (Å²) in [6.07, 6.45) is 32.1. The van der Waals surface area contributed by atoms with Crippen molar-refractivity contribution in [3.63, 3.8) is 0 Å². The maximum atomic E-state index is 11.0. The van der Waals surface area contributed by atoms with E-state index in [4.69, 9.17) is 22.8 Å². The normalized spacial score (nSPS) is 41.3. The quantitative estimate of drug-likeness (QED) is 0.0485. The van der Waals surface area contributed by atoms with Gasteiger partial charge in [-0.3, -0.25) is 22.8 Å². The van der Waals surface area contributed by atoms with Crippen LogP contribution in [0.1, 0.15) is 194 Å². The second kappa shape index (κ2) is 30.2. The van der Waals surface area contributed by atoms with Crippen molar-refractivity contribution in [3.8, 4) is 0 Å². The molecule has 13 N–H and O–H groups in total. The molecule has 0 heterocycles. The van der Waals surface area contributed by atoms with Crippen LogP contribution in [-0.4, -0.2) is 188 Å². The Bertz CT molecular complexity index is 2910. The Kier molecular flexibility index (Phi) is 24.3. The van der Waals surface area contributed by atoms with E-state index in [1.807, 2.05) is 0 Å². The molecule has 8 unspecified atom stereocenters. The summed E-state index contributed by atoms with van der Waals surface area (Å²) in [5.74, 6) is 11.7. The second-order valence-corrected chi connectivity index (χ2v) is 41.3. The monoisotopic (exact) mass is 1400 g/mol. The van der Waals surface area contributed by atoms with E-state index in [0.717, 1.165) is 83.4 Å². The molecule has 0 aliphatic heterocycles. The van der Waals surface area contributed by atoms with Crippen LogP contribution in [0.3, 0.4) is 0 Å². The number of aliphatic hydroxyl groups excluding tert-OH is 3. The molecule has 0 amide bonds. The molecule has 23 nitrogen and oxygen atoms in total. The Morgan fingerprint density at radius 2 is 0.663 bits per heavy atom. The molecule has 18 bridgehead atoms. The van der Waals surface area contributed by atoms with Gasteiger partial charge in [-0.15, -0.1) is 0 Å². The van der Waals surface area contributed by atoms with E-state index >= 15 is 0 Å². The molecule has 18 rings (SSSR count). The zero-order chi connectivity index (χ0) is 66.3. The number of aliphatic hydroxyl groups is 3. The van der Waals surface area contributed by atoms with Gasteiger partial charge in [0.1, 0.15) is 17.3 Å². The van der Waals surface area contributed by atoms with Crippen molar-refractivity contribution in [3.05, 3.63) is 0 Å². The van der Waals surface area contributed by atoms with E-state index in [2.05, 4.69) is 26.6 Å². The molecule has 0 aromatic carbocycles. The summed E-state index contributed by atoms with van der Waals surface area (Å²) in [6, 6.07) is 1.46. The van der Waals surface area contributed by atoms with Crippen LogP contribution >= 0.6 is 0 Å². The van der Waals surface area contributed by atoms with Crippen LogP contribution in [-0.2, 0) is 50.6 Å². The summed E-state index contributed by atoms with van der Waals surface area (Å²) in [5.41, 5.74) is 0.405. The minimum absolute atomic E-state index is 0.120. The van der Waals surface area contributed by atoms with Gasteiger partial charge in [0, 0.05) is 48.8 Å². The molecule has 0 aromatic heterocycles. The maximum absolute atomic E-state index is 11.0. The van der Waals surface area contributed by atoms with Crippen molar-refractivity contribution in [2.24, 2.45) is 94.7 Å². The summed E-state index contributed by atoms with van der Waals surface area (Å²) in [6.45, 7) is 5.32. The first-order valence-electron chi connectivity index (χ1n) is 35.5. The Hall–Kier alpha value is -0.770. The van der Waals surface area contributed by atoms with Crippen molar-refractivity contribution >= 4 is 50.6 Å². The fraction of sp³-hybridized carbons (Fsp3) is 1.00. The van der Waals surface area contributed by atoms with Crippen LogP contribution in [0.4, 0.5) is 0 Å². The number of nitrogens with one attached hydrogen (secondary N) is 5.